The van der Waals surface area contributed by atoms with Crippen LogP contribution >= 0.6 is 11.8 Å². The third-order valence-electron chi connectivity index (χ3n) is 5.69. The summed E-state index contributed by atoms with van der Waals surface area (Å²) < 4.78 is 0. The topological polar surface area (TPSA) is 56.8 Å². The molecule has 7 heteroatoms. The van der Waals surface area contributed by atoms with Crippen LogP contribution in [0.15, 0.2) is 53.7 Å². The van der Waals surface area contributed by atoms with Crippen LogP contribution in [0.2, 0.25) is 0 Å². The molecule has 3 heterocycles. The van der Waals surface area contributed by atoms with Crippen molar-refractivity contribution in [2.45, 2.75) is 24.4 Å². The van der Waals surface area contributed by atoms with Gasteiger partial charge in [-0.1, -0.05) is 42.1 Å². The van der Waals surface area contributed by atoms with Crippen LogP contribution in [0, 0.1) is 0 Å². The van der Waals surface area contributed by atoms with E-state index >= 15 is 0 Å². The molecule has 1 aromatic heterocycles. The molecule has 0 spiro atoms. The lowest BCUT2D eigenvalue weighted by Gasteiger charge is -2.34. The summed E-state index contributed by atoms with van der Waals surface area (Å²) in [6.07, 6.45) is 3.79. The van der Waals surface area contributed by atoms with E-state index in [1.807, 2.05) is 28.0 Å². The molecule has 0 unspecified atom stereocenters. The molecule has 0 N–H and O–H groups in total. The number of hydrogen-bond acceptors (Lipinski definition) is 5. The summed E-state index contributed by atoms with van der Waals surface area (Å²) in [5, 5.41) is 0.782. The standard InChI is InChI=1S/C23H28N4O2S/c28-22(26-14-12-25(13-15-26)17-19-6-2-1-3-7-19)18-30-21-9-8-20(16-24-21)23(29)27-10-4-5-11-27/h1-3,6-9,16H,4-5,10-15,17-18H2. The molecule has 6 nitrogen and oxygen atoms in total. The average molecular weight is 425 g/mol. The van der Waals surface area contributed by atoms with Crippen molar-refractivity contribution in [3.05, 3.63) is 59.8 Å². The normalized spacial score (nSPS) is 17.3. The maximum Gasteiger partial charge on any atom is 0.255 e. The highest BCUT2D eigenvalue weighted by Gasteiger charge is 2.22. The minimum atomic E-state index is 0.0565. The van der Waals surface area contributed by atoms with Crippen molar-refractivity contribution >= 4 is 23.6 Å². The molecule has 0 saturated carbocycles. The second kappa shape index (κ2) is 10.1. The van der Waals surface area contributed by atoms with Crippen molar-refractivity contribution in [3.8, 4) is 0 Å². The molecule has 158 valence electrons. The van der Waals surface area contributed by atoms with Gasteiger partial charge in [0.05, 0.1) is 16.3 Å². The molecule has 1 aromatic carbocycles. The minimum Gasteiger partial charge on any atom is -0.339 e. The fourth-order valence-electron chi connectivity index (χ4n) is 3.92. The summed E-state index contributed by atoms with van der Waals surface area (Å²) in [5.41, 5.74) is 1.94. The van der Waals surface area contributed by atoms with Gasteiger partial charge < -0.3 is 9.80 Å². The molecule has 2 aliphatic heterocycles. The van der Waals surface area contributed by atoms with Gasteiger partial charge in [0.1, 0.15) is 0 Å². The number of hydrogen-bond donors (Lipinski definition) is 0. The van der Waals surface area contributed by atoms with Crippen LogP contribution in [0.25, 0.3) is 0 Å². The lowest BCUT2D eigenvalue weighted by Crippen LogP contribution is -2.48. The fraction of sp³-hybridized carbons (Fsp3) is 0.435. The first-order chi connectivity index (χ1) is 14.7. The predicted molar refractivity (Wildman–Crippen MR) is 118 cm³/mol. The Labute approximate surface area is 182 Å². The Kier molecular flexibility index (Phi) is 7.02. The van der Waals surface area contributed by atoms with Crippen molar-refractivity contribution in [3.63, 3.8) is 0 Å². The summed E-state index contributed by atoms with van der Waals surface area (Å²) in [6.45, 7) is 5.94. The molecule has 2 fully saturated rings. The van der Waals surface area contributed by atoms with Gasteiger partial charge in [0.15, 0.2) is 0 Å². The molecule has 0 radical (unpaired) electrons. The van der Waals surface area contributed by atoms with Crippen LogP contribution in [-0.4, -0.2) is 76.5 Å². The third-order valence-corrected chi connectivity index (χ3v) is 6.62. The Morgan fingerprint density at radius 2 is 1.60 bits per heavy atom. The molecule has 0 aliphatic carbocycles. The number of carbonyl (C=O) groups is 2. The van der Waals surface area contributed by atoms with Gasteiger partial charge in [-0.3, -0.25) is 14.5 Å². The number of benzene rings is 1. The molecular formula is C23H28N4O2S. The number of aromatic nitrogens is 1. The van der Waals surface area contributed by atoms with Gasteiger partial charge >= 0.3 is 0 Å². The van der Waals surface area contributed by atoms with Crippen LogP contribution in [0.4, 0.5) is 0 Å². The third kappa shape index (κ3) is 5.40. The average Bonchev–Trinajstić information content (AvgIpc) is 3.34. The van der Waals surface area contributed by atoms with E-state index in [9.17, 15) is 9.59 Å². The Morgan fingerprint density at radius 1 is 0.867 bits per heavy atom. The first-order valence-corrected chi connectivity index (χ1v) is 11.6. The van der Waals surface area contributed by atoms with Crippen molar-refractivity contribution in [2.75, 3.05) is 45.0 Å². The summed E-state index contributed by atoms with van der Waals surface area (Å²) in [7, 11) is 0. The lowest BCUT2D eigenvalue weighted by atomic mass is 10.2. The molecule has 2 saturated heterocycles. The van der Waals surface area contributed by atoms with Gasteiger partial charge in [-0.25, -0.2) is 4.98 Å². The second-order valence-electron chi connectivity index (χ2n) is 7.82. The number of nitrogens with zero attached hydrogens (tertiary/aromatic N) is 4. The van der Waals surface area contributed by atoms with Crippen LogP contribution in [0.5, 0.6) is 0 Å². The molecular weight excluding hydrogens is 396 g/mol. The molecule has 4 rings (SSSR count). The fourth-order valence-corrected chi connectivity index (χ4v) is 4.66. The van der Waals surface area contributed by atoms with Gasteiger partial charge in [0.2, 0.25) is 5.91 Å². The summed E-state index contributed by atoms with van der Waals surface area (Å²) >= 11 is 1.44. The molecule has 30 heavy (non-hydrogen) atoms. The number of carbonyl (C=O) groups excluding carboxylic acids is 2. The first kappa shape index (κ1) is 20.9. The van der Waals surface area contributed by atoms with E-state index in [1.54, 1.807) is 6.20 Å². The number of piperazine rings is 1. The van der Waals surface area contributed by atoms with Crippen LogP contribution in [0.3, 0.4) is 0 Å². The van der Waals surface area contributed by atoms with E-state index in [2.05, 4.69) is 34.1 Å². The highest BCUT2D eigenvalue weighted by Crippen LogP contribution is 2.19. The van der Waals surface area contributed by atoms with E-state index in [-0.39, 0.29) is 11.8 Å². The Bertz CT molecular complexity index is 845. The second-order valence-corrected chi connectivity index (χ2v) is 8.81. The zero-order chi connectivity index (χ0) is 20.8. The lowest BCUT2D eigenvalue weighted by molar-refractivity contribution is -0.130. The van der Waals surface area contributed by atoms with E-state index in [1.165, 1.54) is 17.3 Å². The summed E-state index contributed by atoms with van der Waals surface area (Å²) in [4.78, 5) is 35.6. The van der Waals surface area contributed by atoms with Crippen LogP contribution in [-0.2, 0) is 11.3 Å². The molecule has 2 aromatic rings. The van der Waals surface area contributed by atoms with Crippen molar-refractivity contribution in [1.29, 1.82) is 0 Å². The highest BCUT2D eigenvalue weighted by atomic mass is 32.2. The Morgan fingerprint density at radius 3 is 2.27 bits per heavy atom. The van der Waals surface area contributed by atoms with Crippen molar-refractivity contribution in [1.82, 2.24) is 19.7 Å². The zero-order valence-corrected chi connectivity index (χ0v) is 18.0. The largest absolute Gasteiger partial charge is 0.339 e. The van der Waals surface area contributed by atoms with Crippen LogP contribution < -0.4 is 0 Å². The number of thioether (sulfide) groups is 1. The van der Waals surface area contributed by atoms with E-state index in [0.717, 1.165) is 63.7 Å². The van der Waals surface area contributed by atoms with Crippen LogP contribution in [0.1, 0.15) is 28.8 Å². The van der Waals surface area contributed by atoms with E-state index in [0.29, 0.717) is 11.3 Å². The number of pyridine rings is 1. The van der Waals surface area contributed by atoms with Gasteiger partial charge in [0, 0.05) is 52.0 Å². The summed E-state index contributed by atoms with van der Waals surface area (Å²) in [6, 6.07) is 14.1. The van der Waals surface area contributed by atoms with Gasteiger partial charge in [-0.2, -0.15) is 0 Å². The SMILES string of the molecule is O=C(CSc1ccc(C(=O)N2CCCC2)cn1)N1CCN(Cc2ccccc2)CC1. The highest BCUT2D eigenvalue weighted by molar-refractivity contribution is 7.99. The molecule has 2 aliphatic rings. The number of likely N-dealkylation sites (tertiary alicyclic amines) is 1. The van der Waals surface area contributed by atoms with Gasteiger partial charge in [0.25, 0.3) is 5.91 Å². The first-order valence-electron chi connectivity index (χ1n) is 10.6. The van der Waals surface area contributed by atoms with Crippen molar-refractivity contribution in [2.24, 2.45) is 0 Å². The zero-order valence-electron chi connectivity index (χ0n) is 17.2. The maximum absolute atomic E-state index is 12.6. The monoisotopic (exact) mass is 424 g/mol. The molecule has 2 amide bonds. The van der Waals surface area contributed by atoms with Crippen molar-refractivity contribution < 1.29 is 9.59 Å². The minimum absolute atomic E-state index is 0.0565. The quantitative estimate of drug-likeness (QED) is 0.668. The Hall–Kier alpha value is -2.38. The summed E-state index contributed by atoms with van der Waals surface area (Å²) in [5.74, 6) is 0.588. The maximum atomic E-state index is 12.6. The smallest absolute Gasteiger partial charge is 0.255 e. The molecule has 0 bridgehead atoms. The predicted octanol–water partition coefficient (Wildman–Crippen LogP) is 2.75. The van der Waals surface area contributed by atoms with E-state index < -0.39 is 0 Å². The Balaban J connectivity index is 1.21. The molecule has 0 atom stereocenters. The number of rotatable bonds is 6. The van der Waals surface area contributed by atoms with E-state index in [4.69, 9.17) is 0 Å². The number of amides is 2. The van der Waals surface area contributed by atoms with Gasteiger partial charge in [-0.15, -0.1) is 0 Å². The van der Waals surface area contributed by atoms with Gasteiger partial charge in [-0.05, 0) is 30.5 Å².